The third-order valence-electron chi connectivity index (χ3n) is 3.47. The summed E-state index contributed by atoms with van der Waals surface area (Å²) in [6.45, 7) is 2.21. The second-order valence-corrected chi connectivity index (χ2v) is 5.49. The Labute approximate surface area is 128 Å². The fraction of sp³-hybridized carbons (Fsp3) is 0.875. The summed E-state index contributed by atoms with van der Waals surface area (Å²) in [6.07, 6.45) is 11.1. The molecule has 2 N–H and O–H groups in total. The van der Waals surface area contributed by atoms with Crippen LogP contribution in [-0.4, -0.2) is 36.7 Å². The third-order valence-corrected chi connectivity index (χ3v) is 3.47. The molecule has 5 nitrogen and oxygen atoms in total. The number of aliphatic carboxylic acids is 1. The van der Waals surface area contributed by atoms with Crippen LogP contribution in [-0.2, 0) is 14.3 Å². The summed E-state index contributed by atoms with van der Waals surface area (Å²) >= 11 is 0. The highest BCUT2D eigenvalue weighted by Crippen LogP contribution is 2.10. The zero-order chi connectivity index (χ0) is 15.9. The highest BCUT2D eigenvalue weighted by Gasteiger charge is 2.18. The fourth-order valence-electron chi connectivity index (χ4n) is 2.20. The highest BCUT2D eigenvalue weighted by atomic mass is 16.5. The van der Waals surface area contributed by atoms with Gasteiger partial charge < -0.3 is 15.2 Å². The van der Waals surface area contributed by atoms with E-state index in [1.165, 1.54) is 45.6 Å². The van der Waals surface area contributed by atoms with E-state index in [2.05, 4.69) is 12.2 Å². The van der Waals surface area contributed by atoms with Gasteiger partial charge in [0.2, 0.25) is 5.91 Å². The molecular weight excluding hydrogens is 270 g/mol. The van der Waals surface area contributed by atoms with Gasteiger partial charge in [0, 0.05) is 13.5 Å². The number of carboxylic acid groups (broad SMARTS) is 1. The molecule has 0 rings (SSSR count). The molecule has 0 aromatic carbocycles. The highest BCUT2D eigenvalue weighted by molar-refractivity contribution is 5.83. The molecule has 0 spiro atoms. The molecule has 0 fully saturated rings. The van der Waals surface area contributed by atoms with Crippen molar-refractivity contribution in [3.05, 3.63) is 0 Å². The normalized spacial score (nSPS) is 12.1. The Hall–Kier alpha value is -1.10. The quantitative estimate of drug-likeness (QED) is 0.483. The molecule has 0 bridgehead atoms. The van der Waals surface area contributed by atoms with Crippen LogP contribution in [0.5, 0.6) is 0 Å². The Bertz CT molecular complexity index is 281. The number of amides is 1. The fourth-order valence-corrected chi connectivity index (χ4v) is 2.20. The van der Waals surface area contributed by atoms with Crippen molar-refractivity contribution in [1.29, 1.82) is 0 Å². The Morgan fingerprint density at radius 1 is 1.00 bits per heavy atom. The maximum atomic E-state index is 11.6. The maximum Gasteiger partial charge on any atom is 0.328 e. The molecular formula is C16H31NO4. The van der Waals surface area contributed by atoms with E-state index in [-0.39, 0.29) is 12.5 Å². The molecule has 5 heteroatoms. The summed E-state index contributed by atoms with van der Waals surface area (Å²) < 4.78 is 4.77. The van der Waals surface area contributed by atoms with Crippen LogP contribution in [0.2, 0.25) is 0 Å². The van der Waals surface area contributed by atoms with Crippen LogP contribution in [0.1, 0.15) is 71.1 Å². The van der Waals surface area contributed by atoms with Crippen molar-refractivity contribution in [3.8, 4) is 0 Å². The summed E-state index contributed by atoms with van der Waals surface area (Å²) in [5.41, 5.74) is 0. The summed E-state index contributed by atoms with van der Waals surface area (Å²) in [5.74, 6) is -1.26. The molecule has 0 saturated carbocycles. The van der Waals surface area contributed by atoms with Gasteiger partial charge in [-0.15, -0.1) is 0 Å². The van der Waals surface area contributed by atoms with Crippen molar-refractivity contribution in [3.63, 3.8) is 0 Å². The second kappa shape index (κ2) is 13.9. The summed E-state index contributed by atoms with van der Waals surface area (Å²) in [4.78, 5) is 22.5. The lowest BCUT2D eigenvalue weighted by Gasteiger charge is -2.13. The number of unbranched alkanes of at least 4 members (excludes halogenated alkanes) is 8. The SMILES string of the molecule is CCCCCCCCCCCC(=O)NC(COC)C(=O)O. The van der Waals surface area contributed by atoms with Gasteiger partial charge in [0.1, 0.15) is 0 Å². The van der Waals surface area contributed by atoms with Crippen molar-refractivity contribution in [2.75, 3.05) is 13.7 Å². The first-order valence-corrected chi connectivity index (χ1v) is 8.13. The van der Waals surface area contributed by atoms with Gasteiger partial charge in [-0.3, -0.25) is 4.79 Å². The molecule has 0 saturated heterocycles. The van der Waals surface area contributed by atoms with Gasteiger partial charge in [0.15, 0.2) is 6.04 Å². The summed E-state index contributed by atoms with van der Waals surface area (Å²) in [5, 5.41) is 11.4. The van der Waals surface area contributed by atoms with E-state index in [1.54, 1.807) is 0 Å². The van der Waals surface area contributed by atoms with Crippen LogP contribution in [0.3, 0.4) is 0 Å². The molecule has 0 aliphatic carbocycles. The molecule has 0 aliphatic heterocycles. The summed E-state index contributed by atoms with van der Waals surface area (Å²) in [7, 11) is 1.42. The monoisotopic (exact) mass is 301 g/mol. The first kappa shape index (κ1) is 19.9. The smallest absolute Gasteiger partial charge is 0.328 e. The Balaban J connectivity index is 3.50. The predicted octanol–water partition coefficient (Wildman–Crippen LogP) is 3.12. The minimum atomic E-state index is -1.06. The molecule has 0 radical (unpaired) electrons. The maximum absolute atomic E-state index is 11.6. The van der Waals surface area contributed by atoms with E-state index in [1.807, 2.05) is 0 Å². The minimum Gasteiger partial charge on any atom is -0.480 e. The van der Waals surface area contributed by atoms with Crippen molar-refractivity contribution in [2.24, 2.45) is 0 Å². The van der Waals surface area contributed by atoms with E-state index < -0.39 is 12.0 Å². The van der Waals surface area contributed by atoms with E-state index >= 15 is 0 Å². The van der Waals surface area contributed by atoms with Gasteiger partial charge in [-0.1, -0.05) is 58.3 Å². The minimum absolute atomic E-state index is 0.00116. The number of rotatable bonds is 14. The lowest BCUT2D eigenvalue weighted by atomic mass is 10.1. The number of carbonyl (C=O) groups is 2. The van der Waals surface area contributed by atoms with Gasteiger partial charge in [0.05, 0.1) is 6.61 Å². The van der Waals surface area contributed by atoms with Gasteiger partial charge in [-0.05, 0) is 6.42 Å². The zero-order valence-electron chi connectivity index (χ0n) is 13.5. The van der Waals surface area contributed by atoms with Crippen LogP contribution in [0, 0.1) is 0 Å². The van der Waals surface area contributed by atoms with Crippen molar-refractivity contribution >= 4 is 11.9 Å². The Morgan fingerprint density at radius 3 is 2.00 bits per heavy atom. The topological polar surface area (TPSA) is 75.6 Å². The second-order valence-electron chi connectivity index (χ2n) is 5.49. The molecule has 124 valence electrons. The van der Waals surface area contributed by atoms with Gasteiger partial charge >= 0.3 is 5.97 Å². The van der Waals surface area contributed by atoms with Gasteiger partial charge in [-0.25, -0.2) is 4.79 Å². The van der Waals surface area contributed by atoms with Crippen LogP contribution >= 0.6 is 0 Å². The van der Waals surface area contributed by atoms with Crippen LogP contribution in [0.15, 0.2) is 0 Å². The molecule has 1 atom stereocenters. The number of methoxy groups -OCH3 is 1. The van der Waals surface area contributed by atoms with Gasteiger partial charge in [0.25, 0.3) is 0 Å². The molecule has 0 aromatic rings. The first-order chi connectivity index (χ1) is 10.1. The van der Waals surface area contributed by atoms with E-state index in [4.69, 9.17) is 9.84 Å². The number of carboxylic acids is 1. The number of hydrogen-bond acceptors (Lipinski definition) is 3. The first-order valence-electron chi connectivity index (χ1n) is 8.13. The molecule has 0 aliphatic rings. The lowest BCUT2D eigenvalue weighted by molar-refractivity contribution is -0.143. The van der Waals surface area contributed by atoms with Crippen LogP contribution < -0.4 is 5.32 Å². The molecule has 0 heterocycles. The Morgan fingerprint density at radius 2 is 1.52 bits per heavy atom. The average molecular weight is 301 g/mol. The van der Waals surface area contributed by atoms with E-state index in [0.717, 1.165) is 19.3 Å². The average Bonchev–Trinajstić information content (AvgIpc) is 2.45. The molecule has 0 aromatic heterocycles. The van der Waals surface area contributed by atoms with Crippen LogP contribution in [0.25, 0.3) is 0 Å². The largest absolute Gasteiger partial charge is 0.480 e. The zero-order valence-corrected chi connectivity index (χ0v) is 13.5. The number of ether oxygens (including phenoxy) is 1. The third kappa shape index (κ3) is 12.4. The van der Waals surface area contributed by atoms with E-state index in [0.29, 0.717) is 6.42 Å². The standard InChI is InChI=1S/C16H31NO4/c1-3-4-5-6-7-8-9-10-11-12-15(18)17-14(13-21-2)16(19)20/h14H,3-13H2,1-2H3,(H,17,18)(H,19,20). The number of hydrogen-bond donors (Lipinski definition) is 2. The van der Waals surface area contributed by atoms with Crippen LogP contribution in [0.4, 0.5) is 0 Å². The van der Waals surface area contributed by atoms with E-state index in [9.17, 15) is 9.59 Å². The number of nitrogens with one attached hydrogen (secondary N) is 1. The predicted molar refractivity (Wildman–Crippen MR) is 83.3 cm³/mol. The van der Waals surface area contributed by atoms with Crippen molar-refractivity contribution in [2.45, 2.75) is 77.2 Å². The van der Waals surface area contributed by atoms with Gasteiger partial charge in [-0.2, -0.15) is 0 Å². The number of carbonyl (C=O) groups excluding carboxylic acids is 1. The lowest BCUT2D eigenvalue weighted by Crippen LogP contribution is -2.43. The van der Waals surface area contributed by atoms with Crippen molar-refractivity contribution in [1.82, 2.24) is 5.32 Å². The molecule has 1 unspecified atom stereocenters. The Kier molecular flexibility index (Phi) is 13.1. The summed E-state index contributed by atoms with van der Waals surface area (Å²) in [6, 6.07) is -0.943. The molecule has 21 heavy (non-hydrogen) atoms. The van der Waals surface area contributed by atoms with Crippen molar-refractivity contribution < 1.29 is 19.4 Å². The molecule has 1 amide bonds.